The number of likely N-dealkylation sites (tertiary alicyclic amines) is 2. The molecule has 1 N–H and O–H groups in total. The highest BCUT2D eigenvalue weighted by Crippen LogP contribution is 2.16. The predicted molar refractivity (Wildman–Crippen MR) is 89.1 cm³/mol. The number of hydrogen-bond acceptors (Lipinski definition) is 4. The van der Waals surface area contributed by atoms with Gasteiger partial charge in [0.1, 0.15) is 0 Å². The first-order valence-corrected chi connectivity index (χ1v) is 8.98. The van der Waals surface area contributed by atoms with Gasteiger partial charge in [-0.1, -0.05) is 6.92 Å². The van der Waals surface area contributed by atoms with Crippen LogP contribution in [0.1, 0.15) is 46.5 Å². The average Bonchev–Trinajstić information content (AvgIpc) is 2.48. The van der Waals surface area contributed by atoms with E-state index in [0.717, 1.165) is 38.4 Å². The molecule has 2 saturated heterocycles. The Bertz CT molecular complexity index is 343. The molecule has 0 radical (unpaired) electrons. The summed E-state index contributed by atoms with van der Waals surface area (Å²) in [4.78, 5) is 16.1. The van der Waals surface area contributed by atoms with Crippen molar-refractivity contribution in [2.75, 3.05) is 39.3 Å². The quantitative estimate of drug-likeness (QED) is 0.846. The average molecular weight is 311 g/mol. The van der Waals surface area contributed by atoms with E-state index in [-0.39, 0.29) is 6.09 Å². The summed E-state index contributed by atoms with van der Waals surface area (Å²) in [6.45, 7) is 12.2. The Balaban J connectivity index is 1.66. The smallest absolute Gasteiger partial charge is 0.409 e. The van der Waals surface area contributed by atoms with E-state index in [0.29, 0.717) is 18.7 Å². The van der Waals surface area contributed by atoms with Crippen LogP contribution in [0.5, 0.6) is 0 Å². The van der Waals surface area contributed by atoms with Crippen LogP contribution in [0.2, 0.25) is 0 Å². The lowest BCUT2D eigenvalue weighted by molar-refractivity contribution is 0.0931. The molecular weight excluding hydrogens is 278 g/mol. The van der Waals surface area contributed by atoms with Crippen molar-refractivity contribution in [3.8, 4) is 0 Å². The first kappa shape index (κ1) is 17.5. The normalized spacial score (nSPS) is 26.0. The van der Waals surface area contributed by atoms with Crippen LogP contribution >= 0.6 is 0 Å². The van der Waals surface area contributed by atoms with Crippen molar-refractivity contribution in [3.05, 3.63) is 0 Å². The molecule has 0 aliphatic carbocycles. The molecule has 0 spiro atoms. The van der Waals surface area contributed by atoms with E-state index in [9.17, 15) is 4.79 Å². The second-order valence-electron chi connectivity index (χ2n) is 7.03. The Morgan fingerprint density at radius 2 is 2.00 bits per heavy atom. The Morgan fingerprint density at radius 1 is 1.27 bits per heavy atom. The highest BCUT2D eigenvalue weighted by Gasteiger charge is 2.25. The van der Waals surface area contributed by atoms with Crippen LogP contribution in [0.25, 0.3) is 0 Å². The number of carbonyl (C=O) groups is 1. The van der Waals surface area contributed by atoms with Gasteiger partial charge in [-0.15, -0.1) is 0 Å². The summed E-state index contributed by atoms with van der Waals surface area (Å²) in [5.41, 5.74) is 0. The van der Waals surface area contributed by atoms with Crippen LogP contribution in [0.3, 0.4) is 0 Å². The summed E-state index contributed by atoms with van der Waals surface area (Å²) in [6, 6.07) is 1.05. The summed E-state index contributed by atoms with van der Waals surface area (Å²) >= 11 is 0. The minimum atomic E-state index is -0.156. The van der Waals surface area contributed by atoms with E-state index in [1.165, 1.54) is 25.9 Å². The second-order valence-corrected chi connectivity index (χ2v) is 7.03. The minimum Gasteiger partial charge on any atom is -0.450 e. The molecule has 1 amide bonds. The summed E-state index contributed by atoms with van der Waals surface area (Å²) in [7, 11) is 0. The number of amides is 1. The van der Waals surface area contributed by atoms with Gasteiger partial charge in [0.25, 0.3) is 0 Å². The zero-order valence-corrected chi connectivity index (χ0v) is 14.5. The Kier molecular flexibility index (Phi) is 6.96. The largest absolute Gasteiger partial charge is 0.450 e. The van der Waals surface area contributed by atoms with E-state index in [1.807, 2.05) is 11.8 Å². The van der Waals surface area contributed by atoms with E-state index in [4.69, 9.17) is 4.74 Å². The predicted octanol–water partition coefficient (Wildman–Crippen LogP) is 2.32. The minimum absolute atomic E-state index is 0.156. The first-order valence-electron chi connectivity index (χ1n) is 8.98. The third kappa shape index (κ3) is 5.43. The number of nitrogens with zero attached hydrogens (tertiary/aromatic N) is 2. The van der Waals surface area contributed by atoms with Gasteiger partial charge in [0, 0.05) is 38.3 Å². The third-order valence-electron chi connectivity index (χ3n) is 4.81. The topological polar surface area (TPSA) is 44.8 Å². The van der Waals surface area contributed by atoms with Gasteiger partial charge in [-0.2, -0.15) is 0 Å². The summed E-state index contributed by atoms with van der Waals surface area (Å²) in [5, 5.41) is 3.75. The molecule has 2 fully saturated rings. The maximum Gasteiger partial charge on any atom is 0.409 e. The van der Waals surface area contributed by atoms with Gasteiger partial charge < -0.3 is 19.9 Å². The molecule has 2 rings (SSSR count). The number of piperidine rings is 2. The van der Waals surface area contributed by atoms with Crippen molar-refractivity contribution in [1.82, 2.24) is 15.1 Å². The van der Waals surface area contributed by atoms with Crippen LogP contribution in [0.4, 0.5) is 4.79 Å². The molecule has 22 heavy (non-hydrogen) atoms. The molecule has 0 saturated carbocycles. The highest BCUT2D eigenvalue weighted by molar-refractivity contribution is 5.67. The van der Waals surface area contributed by atoms with Crippen molar-refractivity contribution in [3.63, 3.8) is 0 Å². The fraction of sp³-hybridized carbons (Fsp3) is 0.941. The maximum atomic E-state index is 11.7. The van der Waals surface area contributed by atoms with Gasteiger partial charge >= 0.3 is 6.09 Å². The monoisotopic (exact) mass is 311 g/mol. The van der Waals surface area contributed by atoms with E-state index in [1.54, 1.807) is 0 Å². The molecule has 0 aromatic carbocycles. The van der Waals surface area contributed by atoms with Gasteiger partial charge in [-0.25, -0.2) is 4.79 Å². The zero-order chi connectivity index (χ0) is 15.9. The second kappa shape index (κ2) is 8.73. The maximum absolute atomic E-state index is 11.7. The van der Waals surface area contributed by atoms with Gasteiger partial charge in [-0.05, 0) is 52.0 Å². The lowest BCUT2D eigenvalue weighted by Crippen LogP contribution is -2.50. The van der Waals surface area contributed by atoms with E-state index >= 15 is 0 Å². The Hall–Kier alpha value is -0.810. The third-order valence-corrected chi connectivity index (χ3v) is 4.81. The fourth-order valence-electron chi connectivity index (χ4n) is 3.74. The molecule has 0 bridgehead atoms. The fourth-order valence-corrected chi connectivity index (χ4v) is 3.74. The van der Waals surface area contributed by atoms with E-state index < -0.39 is 0 Å². The molecule has 0 aromatic rings. The molecule has 2 unspecified atom stereocenters. The van der Waals surface area contributed by atoms with Gasteiger partial charge in [0.2, 0.25) is 0 Å². The van der Waals surface area contributed by atoms with E-state index in [2.05, 4.69) is 24.1 Å². The Labute approximate surface area is 135 Å². The van der Waals surface area contributed by atoms with Crippen LogP contribution in [0, 0.1) is 5.92 Å². The molecule has 5 nitrogen and oxygen atoms in total. The number of carbonyl (C=O) groups excluding carboxylic acids is 1. The van der Waals surface area contributed by atoms with Crippen molar-refractivity contribution in [1.29, 1.82) is 0 Å². The van der Waals surface area contributed by atoms with Crippen LogP contribution < -0.4 is 5.32 Å². The van der Waals surface area contributed by atoms with Crippen LogP contribution in [0.15, 0.2) is 0 Å². The Morgan fingerprint density at radius 3 is 2.64 bits per heavy atom. The van der Waals surface area contributed by atoms with Gasteiger partial charge in [-0.3, -0.25) is 0 Å². The highest BCUT2D eigenvalue weighted by atomic mass is 16.6. The molecular formula is C17H33N3O2. The molecule has 5 heteroatoms. The lowest BCUT2D eigenvalue weighted by atomic mass is 9.99. The van der Waals surface area contributed by atoms with Gasteiger partial charge in [0.15, 0.2) is 0 Å². The molecule has 2 heterocycles. The zero-order valence-electron chi connectivity index (χ0n) is 14.5. The van der Waals surface area contributed by atoms with Gasteiger partial charge in [0.05, 0.1) is 6.61 Å². The number of rotatable bonds is 5. The molecule has 128 valence electrons. The van der Waals surface area contributed by atoms with Crippen LogP contribution in [-0.4, -0.2) is 67.3 Å². The first-order chi connectivity index (χ1) is 10.6. The summed E-state index contributed by atoms with van der Waals surface area (Å²) < 4.78 is 5.07. The summed E-state index contributed by atoms with van der Waals surface area (Å²) in [5.74, 6) is 0.841. The molecule has 2 aliphatic heterocycles. The van der Waals surface area contributed by atoms with Crippen molar-refractivity contribution in [2.24, 2.45) is 5.92 Å². The molecule has 2 atom stereocenters. The summed E-state index contributed by atoms with van der Waals surface area (Å²) in [6.07, 6.45) is 4.62. The van der Waals surface area contributed by atoms with Crippen molar-refractivity contribution >= 4 is 6.09 Å². The van der Waals surface area contributed by atoms with Crippen LogP contribution in [-0.2, 0) is 4.74 Å². The lowest BCUT2D eigenvalue weighted by Gasteiger charge is -2.36. The van der Waals surface area contributed by atoms with Crippen molar-refractivity contribution < 1.29 is 9.53 Å². The SMILES string of the molecule is CCOC(=O)N1CCC(NC(C)CN2CCCC(C)C2)CC1. The molecule has 2 aliphatic rings. The number of nitrogens with one attached hydrogen (secondary N) is 1. The molecule has 0 aromatic heterocycles. The standard InChI is InChI=1S/C17H33N3O2/c1-4-22-17(21)20-10-7-16(8-11-20)18-15(3)13-19-9-5-6-14(2)12-19/h14-16,18H,4-13H2,1-3H3. The number of ether oxygens (including phenoxy) is 1. The van der Waals surface area contributed by atoms with Crippen molar-refractivity contribution in [2.45, 2.75) is 58.5 Å². The number of hydrogen-bond donors (Lipinski definition) is 1.